The Hall–Kier alpha value is -0.450. The summed E-state index contributed by atoms with van der Waals surface area (Å²) < 4.78 is 4.98. The minimum atomic E-state index is 0.0903. The van der Waals surface area contributed by atoms with Crippen LogP contribution in [0.25, 0.3) is 0 Å². The highest BCUT2D eigenvalue weighted by atomic mass is 32.1. The summed E-state index contributed by atoms with van der Waals surface area (Å²) in [7, 11) is 1.70. The lowest BCUT2D eigenvalue weighted by Gasteiger charge is -2.02. The summed E-state index contributed by atoms with van der Waals surface area (Å²) in [6.07, 6.45) is 1.82. The summed E-state index contributed by atoms with van der Waals surface area (Å²) in [5.41, 5.74) is 6.86. The van der Waals surface area contributed by atoms with E-state index in [0.717, 1.165) is 30.2 Å². The molecule has 1 atom stereocenters. The van der Waals surface area contributed by atoms with Crippen LogP contribution in [0.4, 0.5) is 0 Å². The van der Waals surface area contributed by atoms with Gasteiger partial charge in [0.1, 0.15) is 0 Å². The summed E-state index contributed by atoms with van der Waals surface area (Å²) in [5.74, 6) is 0. The molecule has 0 spiro atoms. The normalized spacial score (nSPS) is 13.2. The van der Waals surface area contributed by atoms with Gasteiger partial charge in [-0.2, -0.15) is 0 Å². The Morgan fingerprint density at radius 1 is 1.69 bits per heavy atom. The molecular formula is C9H16N2OS. The van der Waals surface area contributed by atoms with Gasteiger partial charge in [-0.3, -0.25) is 0 Å². The zero-order valence-corrected chi connectivity index (χ0v) is 8.93. The second-order valence-electron chi connectivity index (χ2n) is 2.92. The molecule has 0 saturated carbocycles. The molecule has 0 aliphatic carbocycles. The van der Waals surface area contributed by atoms with Gasteiger partial charge >= 0.3 is 0 Å². The molecule has 13 heavy (non-hydrogen) atoms. The second-order valence-corrected chi connectivity index (χ2v) is 3.87. The van der Waals surface area contributed by atoms with Crippen molar-refractivity contribution in [2.45, 2.75) is 25.8 Å². The van der Waals surface area contributed by atoms with E-state index in [1.54, 1.807) is 18.4 Å². The number of rotatable bonds is 5. The number of hydrogen-bond donors (Lipinski definition) is 1. The molecule has 0 radical (unpaired) electrons. The van der Waals surface area contributed by atoms with Crippen LogP contribution in [0, 0.1) is 0 Å². The number of ether oxygens (including phenoxy) is 1. The lowest BCUT2D eigenvalue weighted by atomic mass is 10.2. The highest BCUT2D eigenvalue weighted by Gasteiger charge is 2.07. The van der Waals surface area contributed by atoms with Crippen molar-refractivity contribution in [1.29, 1.82) is 0 Å². The Bertz CT molecular complexity index is 250. The van der Waals surface area contributed by atoms with Crippen molar-refractivity contribution in [2.24, 2.45) is 5.73 Å². The highest BCUT2D eigenvalue weighted by Crippen LogP contribution is 2.17. The van der Waals surface area contributed by atoms with Crippen LogP contribution in [0.1, 0.15) is 30.1 Å². The first-order valence-electron chi connectivity index (χ1n) is 4.46. The highest BCUT2D eigenvalue weighted by molar-refractivity contribution is 7.09. The zero-order valence-electron chi connectivity index (χ0n) is 8.12. The topological polar surface area (TPSA) is 48.1 Å². The minimum Gasteiger partial charge on any atom is -0.384 e. The number of hydrogen-bond acceptors (Lipinski definition) is 4. The summed E-state index contributed by atoms with van der Waals surface area (Å²) in [6.45, 7) is 2.80. The van der Waals surface area contributed by atoms with Crippen LogP contribution in [-0.4, -0.2) is 18.7 Å². The molecule has 0 bridgehead atoms. The monoisotopic (exact) mass is 200 g/mol. The molecule has 1 aromatic heterocycles. The van der Waals surface area contributed by atoms with Crippen molar-refractivity contribution >= 4 is 11.3 Å². The Morgan fingerprint density at radius 2 is 2.46 bits per heavy atom. The van der Waals surface area contributed by atoms with Crippen LogP contribution in [0.15, 0.2) is 5.38 Å². The second kappa shape index (κ2) is 5.32. The van der Waals surface area contributed by atoms with E-state index in [9.17, 15) is 0 Å². The van der Waals surface area contributed by atoms with Crippen molar-refractivity contribution in [1.82, 2.24) is 4.98 Å². The first-order valence-corrected chi connectivity index (χ1v) is 5.34. The van der Waals surface area contributed by atoms with Crippen LogP contribution in [0.3, 0.4) is 0 Å². The molecule has 1 aromatic rings. The molecule has 0 saturated heterocycles. The average Bonchev–Trinajstić information content (AvgIpc) is 2.62. The zero-order chi connectivity index (χ0) is 9.68. The molecule has 1 rings (SSSR count). The lowest BCUT2D eigenvalue weighted by molar-refractivity contribution is 0.202. The summed E-state index contributed by atoms with van der Waals surface area (Å²) in [4.78, 5) is 4.43. The molecule has 74 valence electrons. The van der Waals surface area contributed by atoms with Gasteiger partial charge in [0.25, 0.3) is 0 Å². The maximum absolute atomic E-state index is 5.85. The maximum Gasteiger partial charge on any atom is 0.0951 e. The molecule has 0 aliphatic heterocycles. The SMILES string of the molecule is CCC(N)c1csc(CCOC)n1. The molecule has 1 unspecified atom stereocenters. The Morgan fingerprint density at radius 3 is 3.08 bits per heavy atom. The molecule has 0 aromatic carbocycles. The third-order valence-electron chi connectivity index (χ3n) is 1.91. The quantitative estimate of drug-likeness (QED) is 0.787. The fraction of sp³-hybridized carbons (Fsp3) is 0.667. The Labute approximate surface area is 82.9 Å². The molecule has 0 fully saturated rings. The van der Waals surface area contributed by atoms with Gasteiger partial charge in [0.05, 0.1) is 17.3 Å². The van der Waals surface area contributed by atoms with Gasteiger partial charge in [-0.05, 0) is 6.42 Å². The van der Waals surface area contributed by atoms with Gasteiger partial charge in [-0.25, -0.2) is 4.98 Å². The number of nitrogens with two attached hydrogens (primary N) is 1. The number of thiazole rings is 1. The smallest absolute Gasteiger partial charge is 0.0951 e. The van der Waals surface area contributed by atoms with Crippen LogP contribution in [0.2, 0.25) is 0 Å². The fourth-order valence-electron chi connectivity index (χ4n) is 1.01. The van der Waals surface area contributed by atoms with Gasteiger partial charge < -0.3 is 10.5 Å². The summed E-state index contributed by atoms with van der Waals surface area (Å²) >= 11 is 1.66. The number of aromatic nitrogens is 1. The average molecular weight is 200 g/mol. The van der Waals surface area contributed by atoms with E-state index < -0.39 is 0 Å². The first kappa shape index (κ1) is 10.6. The Balaban J connectivity index is 2.53. The van der Waals surface area contributed by atoms with Crippen molar-refractivity contribution in [3.63, 3.8) is 0 Å². The predicted molar refractivity (Wildman–Crippen MR) is 54.9 cm³/mol. The number of methoxy groups -OCH3 is 1. The standard InChI is InChI=1S/C9H16N2OS/c1-3-7(10)8-6-13-9(11-8)4-5-12-2/h6-7H,3-5,10H2,1-2H3. The van der Waals surface area contributed by atoms with Crippen LogP contribution in [-0.2, 0) is 11.2 Å². The van der Waals surface area contributed by atoms with Gasteiger partial charge in [-0.15, -0.1) is 11.3 Å². The minimum absolute atomic E-state index is 0.0903. The lowest BCUT2D eigenvalue weighted by Crippen LogP contribution is -2.09. The van der Waals surface area contributed by atoms with E-state index in [0.29, 0.717) is 0 Å². The third-order valence-corrected chi connectivity index (χ3v) is 2.84. The molecule has 3 nitrogen and oxygen atoms in total. The van der Waals surface area contributed by atoms with E-state index in [1.807, 2.05) is 5.38 Å². The summed E-state index contributed by atoms with van der Waals surface area (Å²) in [5, 5.41) is 3.15. The maximum atomic E-state index is 5.85. The number of nitrogens with zero attached hydrogens (tertiary/aromatic N) is 1. The molecule has 2 N–H and O–H groups in total. The predicted octanol–water partition coefficient (Wildman–Crippen LogP) is 1.74. The van der Waals surface area contributed by atoms with E-state index in [-0.39, 0.29) is 6.04 Å². The fourth-order valence-corrected chi connectivity index (χ4v) is 1.85. The van der Waals surface area contributed by atoms with Crippen LogP contribution >= 0.6 is 11.3 Å². The molecule has 1 heterocycles. The molecule has 0 aliphatic rings. The molecular weight excluding hydrogens is 184 g/mol. The largest absolute Gasteiger partial charge is 0.384 e. The van der Waals surface area contributed by atoms with Crippen molar-refractivity contribution in [2.75, 3.05) is 13.7 Å². The van der Waals surface area contributed by atoms with Crippen molar-refractivity contribution in [3.05, 3.63) is 16.1 Å². The van der Waals surface area contributed by atoms with E-state index in [4.69, 9.17) is 10.5 Å². The van der Waals surface area contributed by atoms with E-state index >= 15 is 0 Å². The van der Waals surface area contributed by atoms with Crippen LogP contribution < -0.4 is 5.73 Å². The van der Waals surface area contributed by atoms with Crippen molar-refractivity contribution < 1.29 is 4.74 Å². The van der Waals surface area contributed by atoms with E-state index in [1.165, 1.54) is 0 Å². The van der Waals surface area contributed by atoms with Gasteiger partial charge in [0, 0.05) is 25.0 Å². The molecule has 0 amide bonds. The van der Waals surface area contributed by atoms with Gasteiger partial charge in [0.2, 0.25) is 0 Å². The van der Waals surface area contributed by atoms with Crippen molar-refractivity contribution in [3.8, 4) is 0 Å². The Kier molecular flexibility index (Phi) is 4.35. The first-order chi connectivity index (χ1) is 6.27. The summed E-state index contributed by atoms with van der Waals surface area (Å²) in [6, 6.07) is 0.0903. The molecule has 4 heteroatoms. The van der Waals surface area contributed by atoms with Gasteiger partial charge in [0.15, 0.2) is 0 Å². The third kappa shape index (κ3) is 3.06. The van der Waals surface area contributed by atoms with Gasteiger partial charge in [-0.1, -0.05) is 6.92 Å². The van der Waals surface area contributed by atoms with Crippen LogP contribution in [0.5, 0.6) is 0 Å². The van der Waals surface area contributed by atoms with E-state index in [2.05, 4.69) is 11.9 Å².